The second-order valence-corrected chi connectivity index (χ2v) is 12.2. The number of aromatic nitrogens is 1. The Morgan fingerprint density at radius 1 is 1.02 bits per heavy atom. The van der Waals surface area contributed by atoms with Crippen LogP contribution in [0.15, 0.2) is 66.7 Å². The summed E-state index contributed by atoms with van der Waals surface area (Å²) in [7, 11) is 1.64. The molecule has 1 aliphatic heterocycles. The van der Waals surface area contributed by atoms with E-state index in [1.165, 1.54) is 17.7 Å². The van der Waals surface area contributed by atoms with E-state index in [9.17, 15) is 9.59 Å². The monoisotopic (exact) mass is 555 g/mol. The smallest absolute Gasteiger partial charge is 0.272 e. The van der Waals surface area contributed by atoms with E-state index in [1.54, 1.807) is 18.4 Å². The van der Waals surface area contributed by atoms with E-state index in [0.717, 1.165) is 59.2 Å². The summed E-state index contributed by atoms with van der Waals surface area (Å²) in [5, 5.41) is 3.45. The Bertz CT molecular complexity index is 1500. The maximum absolute atomic E-state index is 14.7. The first-order chi connectivity index (χ1) is 19.5. The van der Waals surface area contributed by atoms with E-state index in [-0.39, 0.29) is 17.9 Å². The number of ether oxygens (including phenoxy) is 1. The van der Waals surface area contributed by atoms with Gasteiger partial charge in [0.1, 0.15) is 11.4 Å². The quantitative estimate of drug-likeness (QED) is 0.259. The fourth-order valence-electron chi connectivity index (χ4n) is 6.38. The van der Waals surface area contributed by atoms with E-state index in [0.29, 0.717) is 18.8 Å². The first-order valence-corrected chi connectivity index (χ1v) is 15.3. The molecule has 0 unspecified atom stereocenters. The number of hydrogen-bond donors (Lipinski definition) is 1. The number of carbonyl (C=O) groups excluding carboxylic acids is 2. The summed E-state index contributed by atoms with van der Waals surface area (Å²) in [6, 6.07) is 22.0. The Kier molecular flexibility index (Phi) is 7.41. The summed E-state index contributed by atoms with van der Waals surface area (Å²) in [5.74, 6) is 0.546. The molecule has 208 valence electrons. The molecule has 40 heavy (non-hydrogen) atoms. The molecule has 3 heterocycles. The van der Waals surface area contributed by atoms with Gasteiger partial charge in [0.05, 0.1) is 23.9 Å². The molecule has 6 nitrogen and oxygen atoms in total. The highest BCUT2D eigenvalue weighted by atomic mass is 32.1. The molecule has 1 saturated carbocycles. The van der Waals surface area contributed by atoms with Crippen LogP contribution in [0.3, 0.4) is 0 Å². The Morgan fingerprint density at radius 2 is 1.75 bits per heavy atom. The molecule has 1 atom stereocenters. The number of amides is 2. The standard InChI is InChI=1S/C33H37N3O3S/c1-3-27-19-28-30(40-27)20-29-31(37)36(21-23-15-17-26(39-2)18-16-23)33(22-35(28)29,24-11-7-6-8-12-24)32(38)34-25-13-9-4-5-10-14-25/h6-8,11-12,15-20,25H,3-5,9-10,13-14,21-22H2,1-2H3,(H,34,38)/t33-/m1/s1. The molecule has 1 aliphatic carbocycles. The average molecular weight is 556 g/mol. The van der Waals surface area contributed by atoms with Gasteiger partial charge in [-0.1, -0.05) is 75.1 Å². The van der Waals surface area contributed by atoms with Gasteiger partial charge in [-0.15, -0.1) is 11.3 Å². The van der Waals surface area contributed by atoms with Gasteiger partial charge in [-0.05, 0) is 54.7 Å². The second kappa shape index (κ2) is 11.1. The summed E-state index contributed by atoms with van der Waals surface area (Å²) in [5.41, 5.74) is 2.27. The van der Waals surface area contributed by atoms with E-state index in [4.69, 9.17) is 4.74 Å². The molecule has 4 aromatic rings. The fourth-order valence-corrected chi connectivity index (χ4v) is 7.42. The van der Waals surface area contributed by atoms with Crippen molar-refractivity contribution in [2.75, 3.05) is 7.11 Å². The summed E-state index contributed by atoms with van der Waals surface area (Å²) in [6.45, 7) is 2.84. The molecule has 6 rings (SSSR count). The zero-order valence-electron chi connectivity index (χ0n) is 23.3. The molecule has 2 amide bonds. The van der Waals surface area contributed by atoms with Crippen LogP contribution < -0.4 is 10.1 Å². The summed E-state index contributed by atoms with van der Waals surface area (Å²) in [4.78, 5) is 32.3. The minimum atomic E-state index is -1.20. The van der Waals surface area contributed by atoms with Gasteiger partial charge in [-0.2, -0.15) is 0 Å². The first-order valence-electron chi connectivity index (χ1n) is 14.5. The van der Waals surface area contributed by atoms with Crippen molar-refractivity contribution in [2.24, 2.45) is 0 Å². The minimum absolute atomic E-state index is 0.0918. The molecule has 2 aromatic heterocycles. The SMILES string of the molecule is CCc1cc2c(cc3n2C[C@](C(=O)NC2CCCCCC2)(c2ccccc2)N(Cc2ccc(OC)cc2)C3=O)s1. The summed E-state index contributed by atoms with van der Waals surface area (Å²) >= 11 is 1.73. The van der Waals surface area contributed by atoms with Crippen LogP contribution in [-0.4, -0.2) is 34.4 Å². The highest BCUT2D eigenvalue weighted by Crippen LogP contribution is 2.42. The number of thiophene rings is 1. The van der Waals surface area contributed by atoms with Gasteiger partial charge in [0, 0.05) is 17.5 Å². The van der Waals surface area contributed by atoms with E-state index in [2.05, 4.69) is 22.9 Å². The molecule has 0 spiro atoms. The molecular formula is C33H37N3O3S. The van der Waals surface area contributed by atoms with Crippen molar-refractivity contribution in [3.05, 3.63) is 88.4 Å². The van der Waals surface area contributed by atoms with Crippen molar-refractivity contribution >= 4 is 33.4 Å². The van der Waals surface area contributed by atoms with Crippen LogP contribution in [-0.2, 0) is 29.8 Å². The summed E-state index contributed by atoms with van der Waals surface area (Å²) < 4.78 is 8.56. The van der Waals surface area contributed by atoms with Crippen molar-refractivity contribution in [2.45, 2.75) is 76.5 Å². The molecule has 2 aliphatic rings. The number of fused-ring (bicyclic) bond motifs is 3. The van der Waals surface area contributed by atoms with Crippen LogP contribution in [0, 0.1) is 0 Å². The lowest BCUT2D eigenvalue weighted by atomic mass is 9.83. The van der Waals surface area contributed by atoms with E-state index >= 15 is 0 Å². The van der Waals surface area contributed by atoms with Gasteiger partial charge < -0.3 is 19.5 Å². The van der Waals surface area contributed by atoms with Gasteiger partial charge in [0.25, 0.3) is 11.8 Å². The number of nitrogens with zero attached hydrogens (tertiary/aromatic N) is 2. The number of methoxy groups -OCH3 is 1. The minimum Gasteiger partial charge on any atom is -0.497 e. The predicted molar refractivity (Wildman–Crippen MR) is 160 cm³/mol. The predicted octanol–water partition coefficient (Wildman–Crippen LogP) is 6.66. The molecule has 0 bridgehead atoms. The molecule has 2 aromatic carbocycles. The van der Waals surface area contributed by atoms with Crippen LogP contribution in [0.4, 0.5) is 0 Å². The average Bonchev–Trinajstić information content (AvgIpc) is 3.43. The highest BCUT2D eigenvalue weighted by Gasteiger charge is 2.53. The molecule has 0 radical (unpaired) electrons. The number of hydrogen-bond acceptors (Lipinski definition) is 4. The highest BCUT2D eigenvalue weighted by molar-refractivity contribution is 7.19. The number of rotatable bonds is 7. The maximum Gasteiger partial charge on any atom is 0.272 e. The Morgan fingerprint density at radius 3 is 2.42 bits per heavy atom. The Labute approximate surface area is 239 Å². The van der Waals surface area contributed by atoms with Crippen LogP contribution in [0.1, 0.15) is 71.9 Å². The van der Waals surface area contributed by atoms with Crippen molar-refractivity contribution < 1.29 is 14.3 Å². The maximum atomic E-state index is 14.7. The topological polar surface area (TPSA) is 63.6 Å². The zero-order valence-corrected chi connectivity index (χ0v) is 24.1. The molecular weight excluding hydrogens is 518 g/mol. The van der Waals surface area contributed by atoms with E-state index in [1.807, 2.05) is 65.6 Å². The van der Waals surface area contributed by atoms with Gasteiger partial charge in [-0.25, -0.2) is 0 Å². The van der Waals surface area contributed by atoms with Crippen LogP contribution in [0.25, 0.3) is 10.2 Å². The van der Waals surface area contributed by atoms with Crippen molar-refractivity contribution in [1.82, 2.24) is 14.8 Å². The van der Waals surface area contributed by atoms with Crippen LogP contribution >= 0.6 is 11.3 Å². The lowest BCUT2D eigenvalue weighted by Crippen LogP contribution is -2.63. The van der Waals surface area contributed by atoms with Gasteiger partial charge in [0.15, 0.2) is 5.54 Å². The third kappa shape index (κ3) is 4.70. The zero-order chi connectivity index (χ0) is 27.7. The molecule has 7 heteroatoms. The lowest BCUT2D eigenvalue weighted by molar-refractivity contribution is -0.136. The largest absolute Gasteiger partial charge is 0.497 e. The van der Waals surface area contributed by atoms with Crippen LogP contribution in [0.5, 0.6) is 5.75 Å². The molecule has 1 fully saturated rings. The summed E-state index contributed by atoms with van der Waals surface area (Å²) in [6.07, 6.45) is 7.56. The number of carbonyl (C=O) groups is 2. The van der Waals surface area contributed by atoms with Crippen molar-refractivity contribution in [1.29, 1.82) is 0 Å². The van der Waals surface area contributed by atoms with Crippen molar-refractivity contribution in [3.8, 4) is 5.75 Å². The molecule has 0 saturated heterocycles. The Hall–Kier alpha value is -3.58. The van der Waals surface area contributed by atoms with E-state index < -0.39 is 5.54 Å². The van der Waals surface area contributed by atoms with Crippen molar-refractivity contribution in [3.63, 3.8) is 0 Å². The fraction of sp³-hybridized carbons (Fsp3) is 0.394. The third-order valence-corrected chi connectivity index (χ3v) is 9.83. The number of nitrogens with one attached hydrogen (secondary N) is 1. The van der Waals surface area contributed by atoms with Gasteiger partial charge in [0.2, 0.25) is 0 Å². The third-order valence-electron chi connectivity index (χ3n) is 8.62. The Balaban J connectivity index is 1.51. The second-order valence-electron chi connectivity index (χ2n) is 11.1. The number of benzene rings is 2. The normalized spacial score (nSPS) is 19.9. The first kappa shape index (κ1) is 26.6. The molecule has 1 N–H and O–H groups in total. The van der Waals surface area contributed by atoms with Gasteiger partial charge >= 0.3 is 0 Å². The van der Waals surface area contributed by atoms with Crippen LogP contribution in [0.2, 0.25) is 0 Å². The van der Waals surface area contributed by atoms with Gasteiger partial charge in [-0.3, -0.25) is 9.59 Å². The number of aryl methyl sites for hydroxylation is 1. The lowest BCUT2D eigenvalue weighted by Gasteiger charge is -2.47.